The van der Waals surface area contributed by atoms with Crippen LogP contribution in [-0.2, 0) is 18.0 Å². The van der Waals surface area contributed by atoms with Crippen LogP contribution in [0.5, 0.6) is 11.6 Å². The van der Waals surface area contributed by atoms with E-state index in [1.165, 1.54) is 0 Å². The zero-order chi connectivity index (χ0) is 22.6. The van der Waals surface area contributed by atoms with Gasteiger partial charge in [0.25, 0.3) is 0 Å². The monoisotopic (exact) mass is 451 g/mol. The van der Waals surface area contributed by atoms with Crippen molar-refractivity contribution >= 4 is 19.0 Å². The predicted molar refractivity (Wildman–Crippen MR) is 126 cm³/mol. The van der Waals surface area contributed by atoms with Gasteiger partial charge in [-0.25, -0.2) is 9.67 Å². The van der Waals surface area contributed by atoms with E-state index in [1.54, 1.807) is 23.3 Å². The van der Waals surface area contributed by atoms with E-state index >= 15 is 0 Å². The molecule has 168 valence electrons. The topological polar surface area (TPSA) is 87.2 Å². The van der Waals surface area contributed by atoms with Crippen LogP contribution in [0.1, 0.15) is 0 Å². The molecule has 0 amide bonds. The minimum Gasteiger partial charge on any atom is -0.439 e. The van der Waals surface area contributed by atoms with E-state index in [0.717, 1.165) is 34.8 Å². The maximum Gasteiger partial charge on any atom is 0.219 e. The van der Waals surface area contributed by atoms with Gasteiger partial charge in [-0.2, -0.15) is 10.2 Å². The van der Waals surface area contributed by atoms with Gasteiger partial charge in [0.05, 0.1) is 30.6 Å². The third-order valence-corrected chi connectivity index (χ3v) is 6.81. The van der Waals surface area contributed by atoms with Crippen molar-refractivity contribution in [2.45, 2.75) is 39.0 Å². The summed E-state index contributed by atoms with van der Waals surface area (Å²) in [7, 11) is -1.11. The maximum absolute atomic E-state index is 9.13. The predicted octanol–water partition coefficient (Wildman–Crippen LogP) is 4.39. The Hall–Kier alpha value is -3.01. The molecule has 1 aromatic carbocycles. The SMILES string of the molecule is C[Si](C)(C)CCOCn1nccc1-c1ccc(Oc2ccc3c(cnn3CCO)c2)nc1. The van der Waals surface area contributed by atoms with Gasteiger partial charge < -0.3 is 14.6 Å². The maximum atomic E-state index is 9.13. The first-order valence-corrected chi connectivity index (χ1v) is 14.4. The van der Waals surface area contributed by atoms with Crippen LogP contribution in [0.4, 0.5) is 0 Å². The minimum atomic E-state index is -1.11. The molecule has 32 heavy (non-hydrogen) atoms. The first-order valence-electron chi connectivity index (χ1n) is 10.7. The van der Waals surface area contributed by atoms with Crippen LogP contribution in [-0.4, -0.2) is 50.9 Å². The molecule has 0 spiro atoms. The summed E-state index contributed by atoms with van der Waals surface area (Å²) in [6.07, 6.45) is 5.32. The van der Waals surface area contributed by atoms with E-state index in [-0.39, 0.29) is 6.61 Å². The van der Waals surface area contributed by atoms with Crippen LogP contribution in [0.15, 0.2) is 55.0 Å². The third-order valence-electron chi connectivity index (χ3n) is 5.11. The Kier molecular flexibility index (Phi) is 6.68. The fourth-order valence-electron chi connectivity index (χ4n) is 3.32. The van der Waals surface area contributed by atoms with Gasteiger partial charge in [0.2, 0.25) is 5.88 Å². The average Bonchev–Trinajstić information content (AvgIpc) is 3.38. The number of rotatable bonds is 10. The lowest BCUT2D eigenvalue weighted by atomic mass is 10.2. The fraction of sp³-hybridized carbons (Fsp3) is 0.348. The van der Waals surface area contributed by atoms with Crippen molar-refractivity contribution in [3.63, 3.8) is 0 Å². The number of benzene rings is 1. The highest BCUT2D eigenvalue weighted by atomic mass is 28.3. The highest BCUT2D eigenvalue weighted by Crippen LogP contribution is 2.26. The summed E-state index contributed by atoms with van der Waals surface area (Å²) in [4.78, 5) is 4.46. The lowest BCUT2D eigenvalue weighted by Crippen LogP contribution is -2.22. The van der Waals surface area contributed by atoms with Crippen molar-refractivity contribution in [3.05, 3.63) is 55.0 Å². The van der Waals surface area contributed by atoms with Crippen LogP contribution in [0.25, 0.3) is 22.2 Å². The second-order valence-corrected chi connectivity index (χ2v) is 14.5. The highest BCUT2D eigenvalue weighted by molar-refractivity contribution is 6.76. The Balaban J connectivity index is 1.41. The molecule has 1 N–H and O–H groups in total. The zero-order valence-electron chi connectivity index (χ0n) is 18.7. The molecule has 0 atom stereocenters. The number of hydrogen-bond acceptors (Lipinski definition) is 6. The summed E-state index contributed by atoms with van der Waals surface area (Å²) in [5.41, 5.74) is 2.86. The number of aromatic nitrogens is 5. The molecular weight excluding hydrogens is 422 g/mol. The Morgan fingerprint density at radius 2 is 1.88 bits per heavy atom. The molecule has 0 fully saturated rings. The Bertz CT molecular complexity index is 1160. The number of hydrogen-bond donors (Lipinski definition) is 1. The molecule has 0 aliphatic heterocycles. The first kappa shape index (κ1) is 22.2. The smallest absolute Gasteiger partial charge is 0.219 e. The number of pyridine rings is 1. The van der Waals surface area contributed by atoms with Crippen molar-refractivity contribution in [2.24, 2.45) is 0 Å². The van der Waals surface area contributed by atoms with Crippen molar-refractivity contribution < 1.29 is 14.6 Å². The van der Waals surface area contributed by atoms with Crippen LogP contribution < -0.4 is 4.74 Å². The van der Waals surface area contributed by atoms with Gasteiger partial charge in [0.15, 0.2) is 0 Å². The normalized spacial score (nSPS) is 11.9. The van der Waals surface area contributed by atoms with Crippen molar-refractivity contribution in [1.29, 1.82) is 0 Å². The van der Waals surface area contributed by atoms with Crippen molar-refractivity contribution in [1.82, 2.24) is 24.5 Å². The van der Waals surface area contributed by atoms with Gasteiger partial charge >= 0.3 is 0 Å². The average molecular weight is 452 g/mol. The van der Waals surface area contributed by atoms with E-state index in [4.69, 9.17) is 14.6 Å². The Morgan fingerprint density at radius 1 is 1.00 bits per heavy atom. The lowest BCUT2D eigenvalue weighted by molar-refractivity contribution is 0.0798. The zero-order valence-corrected chi connectivity index (χ0v) is 19.7. The van der Waals surface area contributed by atoms with E-state index < -0.39 is 8.07 Å². The summed E-state index contributed by atoms with van der Waals surface area (Å²) >= 11 is 0. The second kappa shape index (κ2) is 9.64. The van der Waals surface area contributed by atoms with Gasteiger partial charge in [0, 0.05) is 44.1 Å². The summed E-state index contributed by atoms with van der Waals surface area (Å²) in [5.74, 6) is 1.19. The molecule has 3 heterocycles. The summed E-state index contributed by atoms with van der Waals surface area (Å²) < 4.78 is 15.4. The molecule has 0 unspecified atom stereocenters. The van der Waals surface area contributed by atoms with Gasteiger partial charge in [-0.3, -0.25) is 4.68 Å². The van der Waals surface area contributed by atoms with Crippen LogP contribution in [0.2, 0.25) is 25.7 Å². The van der Waals surface area contributed by atoms with Gasteiger partial charge in [-0.15, -0.1) is 0 Å². The fourth-order valence-corrected chi connectivity index (χ4v) is 4.08. The molecule has 0 saturated heterocycles. The van der Waals surface area contributed by atoms with Crippen molar-refractivity contribution in [2.75, 3.05) is 13.2 Å². The molecule has 0 aliphatic rings. The molecule has 3 aromatic heterocycles. The number of nitrogens with zero attached hydrogens (tertiary/aromatic N) is 5. The molecule has 8 nitrogen and oxygen atoms in total. The molecule has 4 rings (SSSR count). The summed E-state index contributed by atoms with van der Waals surface area (Å²) in [5, 5.41) is 18.8. The molecule has 0 radical (unpaired) electrons. The molecule has 4 aromatic rings. The lowest BCUT2D eigenvalue weighted by Gasteiger charge is -2.16. The van der Waals surface area contributed by atoms with Gasteiger partial charge in [-0.05, 0) is 36.4 Å². The Labute approximate surface area is 188 Å². The minimum absolute atomic E-state index is 0.0504. The molecule has 9 heteroatoms. The number of fused-ring (bicyclic) bond motifs is 1. The molecular formula is C23H29N5O3Si. The standard InChI is InChI=1S/C23H29N5O3Si/c1-32(2,3)13-12-30-17-28-22(8-9-25-28)18-4-7-23(24-15-18)31-20-5-6-21-19(14-20)16-26-27(21)10-11-29/h4-9,14-16,29H,10-13,17H2,1-3H3. The largest absolute Gasteiger partial charge is 0.439 e. The van der Waals surface area contributed by atoms with E-state index in [2.05, 4.69) is 34.8 Å². The Morgan fingerprint density at radius 3 is 2.62 bits per heavy atom. The van der Waals surface area contributed by atoms with E-state index in [9.17, 15) is 0 Å². The quantitative estimate of drug-likeness (QED) is 0.284. The van der Waals surface area contributed by atoms with E-state index in [0.29, 0.717) is 24.9 Å². The molecule has 0 aliphatic carbocycles. The van der Waals surface area contributed by atoms with E-state index in [1.807, 2.05) is 41.1 Å². The van der Waals surface area contributed by atoms with Gasteiger partial charge in [-0.1, -0.05) is 19.6 Å². The summed E-state index contributed by atoms with van der Waals surface area (Å²) in [6.45, 7) is 8.72. The number of aliphatic hydroxyl groups is 1. The molecule has 0 bridgehead atoms. The highest BCUT2D eigenvalue weighted by Gasteiger charge is 2.13. The first-order chi connectivity index (χ1) is 15.4. The van der Waals surface area contributed by atoms with Gasteiger partial charge in [0.1, 0.15) is 12.5 Å². The van der Waals surface area contributed by atoms with Crippen molar-refractivity contribution in [3.8, 4) is 22.9 Å². The third kappa shape index (κ3) is 5.42. The second-order valence-electron chi connectivity index (χ2n) is 8.86. The van der Waals surface area contributed by atoms with Crippen LogP contribution in [0, 0.1) is 0 Å². The van der Waals surface area contributed by atoms with Crippen LogP contribution in [0.3, 0.4) is 0 Å². The number of aliphatic hydroxyl groups excluding tert-OH is 1. The molecule has 0 saturated carbocycles. The number of ether oxygens (including phenoxy) is 2. The van der Waals surface area contributed by atoms with Crippen LogP contribution >= 0.6 is 0 Å². The summed E-state index contributed by atoms with van der Waals surface area (Å²) in [6, 6.07) is 12.6.